The van der Waals surface area contributed by atoms with Crippen LogP contribution in [-0.2, 0) is 0 Å². The number of halogens is 1. The third-order valence-electron chi connectivity index (χ3n) is 2.24. The molecule has 0 saturated carbocycles. The molecular weight excluding hydrogens is 286 g/mol. The molecule has 2 aromatic heterocycles. The lowest BCUT2D eigenvalue weighted by Crippen LogP contribution is -2.12. The highest BCUT2D eigenvalue weighted by Gasteiger charge is 2.11. The summed E-state index contributed by atoms with van der Waals surface area (Å²) >= 11 is 7.17. The van der Waals surface area contributed by atoms with E-state index in [4.69, 9.17) is 11.6 Å². The molecule has 0 aromatic carbocycles. The van der Waals surface area contributed by atoms with Crippen LogP contribution >= 0.6 is 23.1 Å². The number of aromatic nitrogens is 3. The number of carbonyl (C=O) groups is 1. The predicted octanol–water partition coefficient (Wildman–Crippen LogP) is 2.66. The van der Waals surface area contributed by atoms with Gasteiger partial charge in [-0.2, -0.15) is 0 Å². The number of pyridine rings is 1. The zero-order valence-electron chi connectivity index (χ0n) is 10.2. The van der Waals surface area contributed by atoms with Crippen LogP contribution in [0.5, 0.6) is 0 Å². The van der Waals surface area contributed by atoms with Crippen LogP contribution in [-0.4, -0.2) is 27.0 Å². The minimum absolute atomic E-state index is 0.289. The van der Waals surface area contributed by atoms with Gasteiger partial charge in [0.1, 0.15) is 10.8 Å². The van der Waals surface area contributed by atoms with Gasteiger partial charge in [0.2, 0.25) is 0 Å². The molecule has 0 atom stereocenters. The van der Waals surface area contributed by atoms with E-state index in [1.54, 1.807) is 6.07 Å². The number of rotatable bonds is 5. The molecule has 0 bridgehead atoms. The maximum Gasteiger partial charge on any atom is 0.257 e. The quantitative estimate of drug-likeness (QED) is 0.887. The van der Waals surface area contributed by atoms with Crippen LogP contribution in [0, 0.1) is 0 Å². The van der Waals surface area contributed by atoms with Gasteiger partial charge >= 0.3 is 0 Å². The first kappa shape index (κ1) is 13.7. The SMILES string of the molecule is CCCNc1ncc(C(=O)Nc2cnns2)cc1Cl. The highest BCUT2D eigenvalue weighted by atomic mass is 35.5. The van der Waals surface area contributed by atoms with E-state index in [9.17, 15) is 4.79 Å². The molecule has 0 saturated heterocycles. The average molecular weight is 298 g/mol. The van der Waals surface area contributed by atoms with Gasteiger partial charge in [0.25, 0.3) is 5.91 Å². The Labute approximate surface area is 119 Å². The number of anilines is 2. The molecule has 0 unspecified atom stereocenters. The van der Waals surface area contributed by atoms with Gasteiger partial charge in [-0.3, -0.25) is 4.79 Å². The highest BCUT2D eigenvalue weighted by Crippen LogP contribution is 2.21. The van der Waals surface area contributed by atoms with Gasteiger partial charge in [0, 0.05) is 24.3 Å². The van der Waals surface area contributed by atoms with Crippen molar-refractivity contribution in [1.82, 2.24) is 14.6 Å². The average Bonchev–Trinajstić information content (AvgIpc) is 2.90. The van der Waals surface area contributed by atoms with Crippen molar-refractivity contribution < 1.29 is 4.79 Å². The normalized spacial score (nSPS) is 10.2. The molecular formula is C11H12ClN5OS. The van der Waals surface area contributed by atoms with Crippen molar-refractivity contribution >= 4 is 39.9 Å². The van der Waals surface area contributed by atoms with Crippen molar-refractivity contribution in [1.29, 1.82) is 0 Å². The van der Waals surface area contributed by atoms with Crippen molar-refractivity contribution in [2.45, 2.75) is 13.3 Å². The van der Waals surface area contributed by atoms with E-state index >= 15 is 0 Å². The Balaban J connectivity index is 2.08. The molecule has 2 rings (SSSR count). The van der Waals surface area contributed by atoms with Gasteiger partial charge in [-0.1, -0.05) is 23.0 Å². The molecule has 0 radical (unpaired) electrons. The second-order valence-corrected chi connectivity index (χ2v) is 4.91. The van der Waals surface area contributed by atoms with Gasteiger partial charge in [0.15, 0.2) is 0 Å². The summed E-state index contributed by atoms with van der Waals surface area (Å²) in [6.07, 6.45) is 3.93. The second-order valence-electron chi connectivity index (χ2n) is 3.72. The van der Waals surface area contributed by atoms with E-state index in [-0.39, 0.29) is 5.91 Å². The lowest BCUT2D eigenvalue weighted by molar-refractivity contribution is 0.102. The Morgan fingerprint density at radius 1 is 1.47 bits per heavy atom. The third kappa shape index (κ3) is 3.62. The van der Waals surface area contributed by atoms with Crippen LogP contribution < -0.4 is 10.6 Å². The molecule has 2 heterocycles. The van der Waals surface area contributed by atoms with E-state index < -0.39 is 0 Å². The zero-order valence-corrected chi connectivity index (χ0v) is 11.8. The maximum atomic E-state index is 11.9. The van der Waals surface area contributed by atoms with Gasteiger partial charge in [-0.25, -0.2) is 4.98 Å². The van der Waals surface area contributed by atoms with Gasteiger partial charge in [0.05, 0.1) is 16.8 Å². The standard InChI is InChI=1S/C11H12ClN5OS/c1-2-3-13-10-8(12)4-7(5-14-10)11(18)16-9-6-15-17-19-9/h4-6H,2-3H2,1H3,(H,13,14)(H,16,18). The lowest BCUT2D eigenvalue weighted by atomic mass is 10.2. The van der Waals surface area contributed by atoms with Gasteiger partial charge in [-0.05, 0) is 12.5 Å². The van der Waals surface area contributed by atoms with Crippen LogP contribution in [0.15, 0.2) is 18.5 Å². The smallest absolute Gasteiger partial charge is 0.257 e. The number of nitrogens with one attached hydrogen (secondary N) is 2. The molecule has 1 amide bonds. The number of hydrogen-bond donors (Lipinski definition) is 2. The summed E-state index contributed by atoms with van der Waals surface area (Å²) < 4.78 is 3.66. The predicted molar refractivity (Wildman–Crippen MR) is 75.9 cm³/mol. The first-order valence-electron chi connectivity index (χ1n) is 5.69. The lowest BCUT2D eigenvalue weighted by Gasteiger charge is -2.07. The summed E-state index contributed by atoms with van der Waals surface area (Å²) in [5.41, 5.74) is 0.389. The summed E-state index contributed by atoms with van der Waals surface area (Å²) in [5, 5.41) is 10.4. The third-order valence-corrected chi connectivity index (χ3v) is 3.11. The number of nitrogens with zero attached hydrogens (tertiary/aromatic N) is 3. The van der Waals surface area contributed by atoms with E-state index in [0.29, 0.717) is 21.4 Å². The van der Waals surface area contributed by atoms with Gasteiger partial charge < -0.3 is 10.6 Å². The molecule has 19 heavy (non-hydrogen) atoms. The Hall–Kier alpha value is -1.73. The Bertz CT molecular complexity index is 560. The van der Waals surface area contributed by atoms with Crippen molar-refractivity contribution in [3.05, 3.63) is 29.0 Å². The van der Waals surface area contributed by atoms with E-state index in [1.165, 1.54) is 12.4 Å². The summed E-state index contributed by atoms with van der Waals surface area (Å²) in [6.45, 7) is 2.83. The molecule has 2 aromatic rings. The minimum Gasteiger partial charge on any atom is -0.369 e. The van der Waals surface area contributed by atoms with Crippen molar-refractivity contribution in [2.24, 2.45) is 0 Å². The molecule has 8 heteroatoms. The van der Waals surface area contributed by atoms with Crippen LogP contribution in [0.3, 0.4) is 0 Å². The first-order valence-corrected chi connectivity index (χ1v) is 6.84. The number of hydrogen-bond acceptors (Lipinski definition) is 6. The topological polar surface area (TPSA) is 79.8 Å². The van der Waals surface area contributed by atoms with Crippen LogP contribution in [0.1, 0.15) is 23.7 Å². The molecule has 0 aliphatic carbocycles. The van der Waals surface area contributed by atoms with Crippen molar-refractivity contribution in [2.75, 3.05) is 17.2 Å². The Kier molecular flexibility index (Phi) is 4.64. The highest BCUT2D eigenvalue weighted by molar-refractivity contribution is 7.10. The molecule has 100 valence electrons. The van der Waals surface area contributed by atoms with Crippen molar-refractivity contribution in [3.8, 4) is 0 Å². The monoisotopic (exact) mass is 297 g/mol. The molecule has 0 fully saturated rings. The number of carbonyl (C=O) groups excluding carboxylic acids is 1. The van der Waals surface area contributed by atoms with E-state index in [2.05, 4.69) is 25.2 Å². The fourth-order valence-electron chi connectivity index (χ4n) is 1.34. The molecule has 2 N–H and O–H groups in total. The zero-order chi connectivity index (χ0) is 13.7. The molecule has 0 aliphatic heterocycles. The first-order chi connectivity index (χ1) is 9.20. The molecule has 0 aliphatic rings. The Morgan fingerprint density at radius 2 is 2.32 bits per heavy atom. The second kappa shape index (κ2) is 6.44. The van der Waals surface area contributed by atoms with Crippen LogP contribution in [0.2, 0.25) is 5.02 Å². The molecule has 0 spiro atoms. The van der Waals surface area contributed by atoms with Crippen LogP contribution in [0.25, 0.3) is 0 Å². The van der Waals surface area contributed by atoms with Gasteiger partial charge in [-0.15, -0.1) is 5.10 Å². The maximum absolute atomic E-state index is 11.9. The number of amides is 1. The minimum atomic E-state index is -0.289. The molecule has 6 nitrogen and oxygen atoms in total. The summed E-state index contributed by atoms with van der Waals surface area (Å²) in [6, 6.07) is 1.58. The fraction of sp³-hybridized carbons (Fsp3) is 0.273. The van der Waals surface area contributed by atoms with Crippen molar-refractivity contribution in [3.63, 3.8) is 0 Å². The van der Waals surface area contributed by atoms with Crippen LogP contribution in [0.4, 0.5) is 10.8 Å². The van der Waals surface area contributed by atoms with E-state index in [1.807, 2.05) is 6.92 Å². The summed E-state index contributed by atoms with van der Waals surface area (Å²) in [7, 11) is 0. The Morgan fingerprint density at radius 3 is 2.95 bits per heavy atom. The largest absolute Gasteiger partial charge is 0.369 e. The summed E-state index contributed by atoms with van der Waals surface area (Å²) in [5.74, 6) is 0.294. The van der Waals surface area contributed by atoms with E-state index in [0.717, 1.165) is 24.5 Å². The summed E-state index contributed by atoms with van der Waals surface area (Å²) in [4.78, 5) is 16.0. The fourth-order valence-corrected chi connectivity index (χ4v) is 1.99.